The number of carbonyl (C=O) groups excluding carboxylic acids is 4. The molecule has 0 amide bonds. The van der Waals surface area contributed by atoms with Crippen LogP contribution < -0.4 is 0 Å². The number of rotatable bonds is 6. The van der Waals surface area contributed by atoms with Crippen LogP contribution in [-0.4, -0.2) is 60.4 Å². The minimum absolute atomic E-state index is 0.0816. The largest absolute Gasteiger partial charge is 0.461 e. The number of carbonyl (C=O) groups is 4. The summed E-state index contributed by atoms with van der Waals surface area (Å²) in [5, 5.41) is 1.81. The Morgan fingerprint density at radius 1 is 1.07 bits per heavy atom. The minimum atomic E-state index is -1.12. The molecule has 28 heavy (non-hydrogen) atoms. The summed E-state index contributed by atoms with van der Waals surface area (Å²) in [7, 11) is 0. The Morgan fingerprint density at radius 2 is 1.68 bits per heavy atom. The van der Waals surface area contributed by atoms with E-state index in [9.17, 15) is 19.2 Å². The molecule has 1 aromatic heterocycles. The number of hydrogen-bond donors (Lipinski definition) is 0. The van der Waals surface area contributed by atoms with Crippen LogP contribution in [0.4, 0.5) is 0 Å². The van der Waals surface area contributed by atoms with Crippen molar-refractivity contribution < 1.29 is 42.9 Å². The second-order valence-electron chi connectivity index (χ2n) is 5.84. The Hall–Kier alpha value is -2.53. The van der Waals surface area contributed by atoms with Crippen LogP contribution in [0.3, 0.4) is 0 Å². The van der Waals surface area contributed by atoms with Crippen LogP contribution in [0.15, 0.2) is 5.38 Å². The van der Waals surface area contributed by atoms with Gasteiger partial charge in [0.2, 0.25) is 0 Å². The highest BCUT2D eigenvalue weighted by atomic mass is 32.1. The molecule has 1 fully saturated rings. The first-order valence-electron chi connectivity index (χ1n) is 8.48. The van der Waals surface area contributed by atoms with Gasteiger partial charge in [-0.25, -0.2) is 9.78 Å². The molecule has 0 saturated carbocycles. The molecule has 1 aromatic rings. The van der Waals surface area contributed by atoms with E-state index in [0.29, 0.717) is 5.01 Å². The Balaban J connectivity index is 2.34. The van der Waals surface area contributed by atoms with Crippen molar-refractivity contribution in [1.82, 2.24) is 4.98 Å². The van der Waals surface area contributed by atoms with Gasteiger partial charge in [-0.3, -0.25) is 14.4 Å². The summed E-state index contributed by atoms with van der Waals surface area (Å²) < 4.78 is 26.4. The zero-order valence-electron chi connectivity index (χ0n) is 15.8. The highest BCUT2D eigenvalue weighted by Crippen LogP contribution is 2.35. The fraction of sp³-hybridized carbons (Fsp3) is 0.588. The van der Waals surface area contributed by atoms with Gasteiger partial charge >= 0.3 is 23.9 Å². The Morgan fingerprint density at radius 3 is 2.25 bits per heavy atom. The molecular weight excluding hydrogens is 394 g/mol. The van der Waals surface area contributed by atoms with Crippen LogP contribution in [0.2, 0.25) is 0 Å². The SMILES string of the molecule is CCOC(=O)c1csc([C@@H]2OC[C@@H](OC(C)=O)[C@H](OC(C)=O)[C@H]2OC(C)=O)n1. The van der Waals surface area contributed by atoms with Crippen LogP contribution in [0.1, 0.15) is 49.3 Å². The lowest BCUT2D eigenvalue weighted by Crippen LogP contribution is -2.54. The van der Waals surface area contributed by atoms with Gasteiger partial charge in [0.05, 0.1) is 13.2 Å². The predicted molar refractivity (Wildman–Crippen MR) is 93.4 cm³/mol. The molecule has 0 unspecified atom stereocenters. The summed E-state index contributed by atoms with van der Waals surface area (Å²) in [5.74, 6) is -2.50. The normalized spacial score (nSPS) is 24.1. The molecule has 2 rings (SSSR count). The van der Waals surface area contributed by atoms with Crippen molar-refractivity contribution in [3.8, 4) is 0 Å². The summed E-state index contributed by atoms with van der Waals surface area (Å²) in [6, 6.07) is 0. The van der Waals surface area contributed by atoms with E-state index in [-0.39, 0.29) is 18.9 Å². The van der Waals surface area contributed by atoms with E-state index < -0.39 is 48.3 Å². The zero-order valence-corrected chi connectivity index (χ0v) is 16.6. The molecule has 154 valence electrons. The molecule has 2 heterocycles. The topological polar surface area (TPSA) is 127 Å². The van der Waals surface area contributed by atoms with Crippen LogP contribution in [0, 0.1) is 0 Å². The summed E-state index contributed by atoms with van der Waals surface area (Å²) in [5.41, 5.74) is 0.0816. The first kappa shape index (κ1) is 21.8. The highest BCUT2D eigenvalue weighted by molar-refractivity contribution is 7.09. The molecule has 1 aliphatic heterocycles. The lowest BCUT2D eigenvalue weighted by atomic mass is 9.99. The number of ether oxygens (including phenoxy) is 5. The molecule has 1 saturated heterocycles. The average Bonchev–Trinajstić information content (AvgIpc) is 3.06. The van der Waals surface area contributed by atoms with Crippen molar-refractivity contribution in [2.45, 2.75) is 52.1 Å². The second kappa shape index (κ2) is 9.60. The maximum atomic E-state index is 11.9. The van der Waals surface area contributed by atoms with Crippen molar-refractivity contribution in [3.05, 3.63) is 16.1 Å². The minimum Gasteiger partial charge on any atom is -0.461 e. The van der Waals surface area contributed by atoms with E-state index in [1.807, 2.05) is 0 Å². The smallest absolute Gasteiger partial charge is 0.357 e. The van der Waals surface area contributed by atoms with Crippen LogP contribution in [-0.2, 0) is 38.1 Å². The van der Waals surface area contributed by atoms with Gasteiger partial charge in [-0.2, -0.15) is 0 Å². The number of nitrogens with zero attached hydrogens (tertiary/aromatic N) is 1. The van der Waals surface area contributed by atoms with Crippen molar-refractivity contribution in [3.63, 3.8) is 0 Å². The third-order valence-corrected chi connectivity index (χ3v) is 4.51. The Bertz CT molecular complexity index is 747. The van der Waals surface area contributed by atoms with Crippen LogP contribution in [0.5, 0.6) is 0 Å². The van der Waals surface area contributed by atoms with E-state index in [0.717, 1.165) is 11.3 Å². The highest BCUT2D eigenvalue weighted by Gasteiger charge is 2.48. The van der Waals surface area contributed by atoms with Gasteiger partial charge in [-0.1, -0.05) is 0 Å². The van der Waals surface area contributed by atoms with Crippen LogP contribution in [0.25, 0.3) is 0 Å². The van der Waals surface area contributed by atoms with Gasteiger partial charge in [0.1, 0.15) is 11.1 Å². The van der Waals surface area contributed by atoms with E-state index in [4.69, 9.17) is 23.7 Å². The number of thiazole rings is 1. The lowest BCUT2D eigenvalue weighted by molar-refractivity contribution is -0.227. The molecule has 4 atom stereocenters. The van der Waals surface area contributed by atoms with Gasteiger partial charge in [0, 0.05) is 26.2 Å². The van der Waals surface area contributed by atoms with Crippen molar-refractivity contribution >= 4 is 35.2 Å². The molecule has 1 aliphatic rings. The Labute approximate surface area is 165 Å². The quantitative estimate of drug-likeness (QED) is 0.493. The van der Waals surface area contributed by atoms with Gasteiger partial charge in [0.15, 0.2) is 24.0 Å². The second-order valence-corrected chi connectivity index (χ2v) is 6.73. The lowest BCUT2D eigenvalue weighted by Gasteiger charge is -2.39. The standard InChI is InChI=1S/C17H21NO9S/c1-5-23-17(22)11-7-28-16(18-11)15-14(27-10(4)21)13(26-9(3)20)12(6-24-15)25-8(2)19/h7,12-15H,5-6H2,1-4H3/t12-,13+,14-,15-/m1/s1. The third kappa shape index (κ3) is 5.49. The van der Waals surface area contributed by atoms with Crippen molar-refractivity contribution in [1.29, 1.82) is 0 Å². The average molecular weight is 415 g/mol. The van der Waals surface area contributed by atoms with E-state index >= 15 is 0 Å². The molecule has 11 heteroatoms. The fourth-order valence-corrected chi connectivity index (χ4v) is 3.54. The van der Waals surface area contributed by atoms with Gasteiger partial charge < -0.3 is 23.7 Å². The van der Waals surface area contributed by atoms with Gasteiger partial charge in [-0.05, 0) is 6.92 Å². The molecule has 0 spiro atoms. The molecule has 0 N–H and O–H groups in total. The molecule has 0 aromatic carbocycles. The number of esters is 4. The number of hydrogen-bond acceptors (Lipinski definition) is 11. The van der Waals surface area contributed by atoms with Crippen molar-refractivity contribution in [2.75, 3.05) is 13.2 Å². The van der Waals surface area contributed by atoms with Gasteiger partial charge in [-0.15, -0.1) is 11.3 Å². The number of aromatic nitrogens is 1. The van der Waals surface area contributed by atoms with Crippen molar-refractivity contribution in [2.24, 2.45) is 0 Å². The molecular formula is C17H21NO9S. The summed E-state index contributed by atoms with van der Waals surface area (Å²) in [4.78, 5) is 50.6. The van der Waals surface area contributed by atoms with Gasteiger partial charge in [0.25, 0.3) is 0 Å². The van der Waals surface area contributed by atoms with Crippen LogP contribution >= 0.6 is 11.3 Å². The molecule has 0 radical (unpaired) electrons. The molecule has 0 aliphatic carbocycles. The maximum Gasteiger partial charge on any atom is 0.357 e. The first-order valence-corrected chi connectivity index (χ1v) is 9.36. The van der Waals surface area contributed by atoms with E-state index in [1.165, 1.54) is 26.2 Å². The summed E-state index contributed by atoms with van der Waals surface area (Å²) in [6.07, 6.45) is -4.11. The molecule has 0 bridgehead atoms. The summed E-state index contributed by atoms with van der Waals surface area (Å²) in [6.45, 7) is 5.31. The Kier molecular flexibility index (Phi) is 7.46. The van der Waals surface area contributed by atoms with E-state index in [2.05, 4.69) is 4.98 Å². The summed E-state index contributed by atoms with van der Waals surface area (Å²) >= 11 is 1.10. The molecule has 10 nitrogen and oxygen atoms in total. The first-order chi connectivity index (χ1) is 13.2. The third-order valence-electron chi connectivity index (χ3n) is 3.60. The zero-order chi connectivity index (χ0) is 20.8. The predicted octanol–water partition coefficient (Wildman–Crippen LogP) is 1.19. The maximum absolute atomic E-state index is 11.9. The fourth-order valence-electron chi connectivity index (χ4n) is 2.67. The van der Waals surface area contributed by atoms with E-state index in [1.54, 1.807) is 6.92 Å². The monoisotopic (exact) mass is 415 g/mol.